The van der Waals surface area contributed by atoms with Crippen LogP contribution in [0.25, 0.3) is 0 Å². The zero-order valence-electron chi connectivity index (χ0n) is 10.7. The molecule has 4 nitrogen and oxygen atoms in total. The Morgan fingerprint density at radius 3 is 2.16 bits per heavy atom. The summed E-state index contributed by atoms with van der Waals surface area (Å²) in [6.07, 6.45) is -3.88. The van der Waals surface area contributed by atoms with Gasteiger partial charge in [-0.3, -0.25) is 0 Å². The smallest absolute Gasteiger partial charge is 0.422 e. The van der Waals surface area contributed by atoms with E-state index in [-0.39, 0.29) is 11.5 Å². The molecule has 0 atom stereocenters. The average molecular weight is 279 g/mol. The summed E-state index contributed by atoms with van der Waals surface area (Å²) in [4.78, 5) is 0. The summed E-state index contributed by atoms with van der Waals surface area (Å²) in [7, 11) is 2.78. The van der Waals surface area contributed by atoms with E-state index in [2.05, 4.69) is 0 Å². The number of nitrogens with two attached hydrogens (primary N) is 1. The molecule has 1 aromatic carbocycles. The van der Waals surface area contributed by atoms with E-state index in [4.69, 9.17) is 19.9 Å². The van der Waals surface area contributed by atoms with Crippen molar-refractivity contribution in [3.8, 4) is 17.2 Å². The number of ether oxygens (including phenoxy) is 3. The third-order valence-electron chi connectivity index (χ3n) is 2.37. The van der Waals surface area contributed by atoms with Crippen molar-refractivity contribution in [2.45, 2.75) is 12.6 Å². The van der Waals surface area contributed by atoms with Gasteiger partial charge in [-0.15, -0.1) is 0 Å². The summed E-state index contributed by atoms with van der Waals surface area (Å²) in [6, 6.07) is 2.94. The highest BCUT2D eigenvalue weighted by molar-refractivity contribution is 5.50. The van der Waals surface area contributed by atoms with Crippen LogP contribution in [-0.2, 0) is 6.42 Å². The molecule has 0 unspecified atom stereocenters. The molecule has 1 aromatic rings. The largest absolute Gasteiger partial charge is 0.496 e. The number of alkyl halides is 3. The van der Waals surface area contributed by atoms with Crippen molar-refractivity contribution in [1.29, 1.82) is 0 Å². The molecule has 0 spiro atoms. The molecule has 0 aliphatic carbocycles. The quantitative estimate of drug-likeness (QED) is 0.867. The highest BCUT2D eigenvalue weighted by Gasteiger charge is 2.29. The van der Waals surface area contributed by atoms with Gasteiger partial charge in [0.25, 0.3) is 0 Å². The zero-order chi connectivity index (χ0) is 14.5. The Morgan fingerprint density at radius 1 is 1.05 bits per heavy atom. The van der Waals surface area contributed by atoms with Crippen LogP contribution in [0.4, 0.5) is 13.2 Å². The molecule has 0 aliphatic rings. The van der Waals surface area contributed by atoms with Crippen molar-refractivity contribution >= 4 is 0 Å². The van der Waals surface area contributed by atoms with Crippen LogP contribution in [0, 0.1) is 0 Å². The lowest BCUT2D eigenvalue weighted by Gasteiger charge is -2.16. The molecule has 0 aliphatic heterocycles. The fraction of sp³-hybridized carbons (Fsp3) is 0.500. The topological polar surface area (TPSA) is 53.7 Å². The van der Waals surface area contributed by atoms with Gasteiger partial charge in [-0.1, -0.05) is 0 Å². The summed E-state index contributed by atoms with van der Waals surface area (Å²) in [5.41, 5.74) is 6.20. The SMILES string of the molecule is COc1cc(OCC(F)(F)F)c(OC)cc1CCN. The van der Waals surface area contributed by atoms with E-state index in [9.17, 15) is 13.2 Å². The van der Waals surface area contributed by atoms with Gasteiger partial charge >= 0.3 is 6.18 Å². The lowest BCUT2D eigenvalue weighted by atomic mass is 10.1. The predicted octanol–water partition coefficient (Wildman–Crippen LogP) is 2.15. The molecule has 2 N–H and O–H groups in total. The molecule has 0 aromatic heterocycles. The summed E-state index contributed by atoms with van der Waals surface area (Å²) in [6.45, 7) is -0.995. The first-order valence-electron chi connectivity index (χ1n) is 5.55. The lowest BCUT2D eigenvalue weighted by Crippen LogP contribution is -2.19. The van der Waals surface area contributed by atoms with Crippen molar-refractivity contribution in [3.05, 3.63) is 17.7 Å². The van der Waals surface area contributed by atoms with Crippen LogP contribution in [0.15, 0.2) is 12.1 Å². The summed E-state index contributed by atoms with van der Waals surface area (Å²) < 4.78 is 51.3. The van der Waals surface area contributed by atoms with Crippen LogP contribution >= 0.6 is 0 Å². The molecule has 0 radical (unpaired) electrons. The first kappa shape index (κ1) is 15.4. The Balaban J connectivity index is 3.02. The number of hydrogen-bond acceptors (Lipinski definition) is 4. The second-order valence-corrected chi connectivity index (χ2v) is 3.76. The van der Waals surface area contributed by atoms with Crippen molar-refractivity contribution in [3.63, 3.8) is 0 Å². The van der Waals surface area contributed by atoms with Gasteiger partial charge in [-0.25, -0.2) is 0 Å². The summed E-state index contributed by atoms with van der Waals surface area (Å²) >= 11 is 0. The minimum absolute atomic E-state index is 0.0163. The number of hydrogen-bond donors (Lipinski definition) is 1. The fourth-order valence-electron chi connectivity index (χ4n) is 1.56. The maximum atomic E-state index is 12.1. The van der Waals surface area contributed by atoms with E-state index in [0.717, 1.165) is 5.56 Å². The third kappa shape index (κ3) is 4.51. The minimum atomic E-state index is -4.41. The summed E-state index contributed by atoms with van der Waals surface area (Å²) in [5, 5.41) is 0. The maximum absolute atomic E-state index is 12.1. The van der Waals surface area contributed by atoms with E-state index >= 15 is 0 Å². The van der Waals surface area contributed by atoms with E-state index < -0.39 is 12.8 Å². The Labute approximate surface area is 109 Å². The molecule has 108 valence electrons. The zero-order valence-corrected chi connectivity index (χ0v) is 10.7. The first-order chi connectivity index (χ1) is 8.91. The fourth-order valence-corrected chi connectivity index (χ4v) is 1.56. The van der Waals surface area contributed by atoms with Gasteiger partial charge in [0.1, 0.15) is 5.75 Å². The third-order valence-corrected chi connectivity index (χ3v) is 2.37. The molecular formula is C12H16F3NO3. The predicted molar refractivity (Wildman–Crippen MR) is 63.9 cm³/mol. The summed E-state index contributed by atoms with van der Waals surface area (Å²) in [5.74, 6) is 0.620. The minimum Gasteiger partial charge on any atom is -0.496 e. The molecule has 0 saturated carbocycles. The molecule has 0 amide bonds. The van der Waals surface area contributed by atoms with Crippen LogP contribution in [0.1, 0.15) is 5.56 Å². The molecule has 0 saturated heterocycles. The molecular weight excluding hydrogens is 263 g/mol. The first-order valence-corrected chi connectivity index (χ1v) is 5.55. The molecule has 0 heterocycles. The van der Waals surface area contributed by atoms with Gasteiger partial charge in [-0.2, -0.15) is 13.2 Å². The van der Waals surface area contributed by atoms with Gasteiger partial charge in [0.2, 0.25) is 0 Å². The van der Waals surface area contributed by atoms with Crippen LogP contribution in [-0.4, -0.2) is 33.5 Å². The van der Waals surface area contributed by atoms with Gasteiger partial charge in [-0.05, 0) is 24.6 Å². The van der Waals surface area contributed by atoms with E-state index in [1.807, 2.05) is 0 Å². The highest BCUT2D eigenvalue weighted by atomic mass is 19.4. The average Bonchev–Trinajstić information content (AvgIpc) is 2.36. The van der Waals surface area contributed by atoms with E-state index in [1.165, 1.54) is 20.3 Å². The van der Waals surface area contributed by atoms with E-state index in [0.29, 0.717) is 18.7 Å². The number of methoxy groups -OCH3 is 2. The number of rotatable bonds is 6. The highest BCUT2D eigenvalue weighted by Crippen LogP contribution is 2.35. The Hall–Kier alpha value is -1.63. The van der Waals surface area contributed by atoms with Gasteiger partial charge in [0.15, 0.2) is 18.1 Å². The molecule has 0 fully saturated rings. The molecule has 7 heteroatoms. The standard InChI is InChI=1S/C12H16F3NO3/c1-17-9-6-11(19-7-12(13,14)15)10(18-2)5-8(9)3-4-16/h5-6H,3-4,7,16H2,1-2H3. The normalized spacial score (nSPS) is 11.3. The van der Waals surface area contributed by atoms with Crippen LogP contribution in [0.5, 0.6) is 17.2 Å². The van der Waals surface area contributed by atoms with Crippen molar-refractivity contribution in [2.75, 3.05) is 27.4 Å². The lowest BCUT2D eigenvalue weighted by molar-refractivity contribution is -0.153. The van der Waals surface area contributed by atoms with Crippen LogP contribution < -0.4 is 19.9 Å². The Morgan fingerprint density at radius 2 is 1.68 bits per heavy atom. The monoisotopic (exact) mass is 279 g/mol. The molecule has 19 heavy (non-hydrogen) atoms. The van der Waals surface area contributed by atoms with Crippen LogP contribution in [0.2, 0.25) is 0 Å². The Bertz CT molecular complexity index is 421. The van der Waals surface area contributed by atoms with Crippen molar-refractivity contribution < 1.29 is 27.4 Å². The Kier molecular flexibility index (Phi) is 5.29. The van der Waals surface area contributed by atoms with Gasteiger partial charge < -0.3 is 19.9 Å². The maximum Gasteiger partial charge on any atom is 0.422 e. The second-order valence-electron chi connectivity index (χ2n) is 3.76. The number of benzene rings is 1. The van der Waals surface area contributed by atoms with Crippen molar-refractivity contribution in [1.82, 2.24) is 0 Å². The number of halogens is 3. The molecule has 0 bridgehead atoms. The van der Waals surface area contributed by atoms with Gasteiger partial charge in [0.05, 0.1) is 14.2 Å². The van der Waals surface area contributed by atoms with Crippen LogP contribution in [0.3, 0.4) is 0 Å². The van der Waals surface area contributed by atoms with Gasteiger partial charge in [0, 0.05) is 6.07 Å². The van der Waals surface area contributed by atoms with Crippen molar-refractivity contribution in [2.24, 2.45) is 5.73 Å². The molecule has 1 rings (SSSR count). The second kappa shape index (κ2) is 6.51. The van der Waals surface area contributed by atoms with E-state index in [1.54, 1.807) is 6.07 Å².